The van der Waals surface area contributed by atoms with Gasteiger partial charge in [-0.25, -0.2) is 0 Å². The Balaban J connectivity index is 2.21. The van der Waals surface area contributed by atoms with Crippen LogP contribution in [0.15, 0.2) is 24.3 Å². The Morgan fingerprint density at radius 1 is 1.39 bits per heavy atom. The van der Waals surface area contributed by atoms with Gasteiger partial charge < -0.3 is 10.6 Å². The quantitative estimate of drug-likeness (QED) is 0.850. The van der Waals surface area contributed by atoms with E-state index in [1.165, 1.54) is 11.1 Å². The van der Waals surface area contributed by atoms with Crippen molar-refractivity contribution >= 4 is 23.1 Å². The van der Waals surface area contributed by atoms with Gasteiger partial charge in [0.1, 0.15) is 0 Å². The largest absolute Gasteiger partial charge is 0.392 e. The molecule has 0 spiro atoms. The predicted octanol–water partition coefficient (Wildman–Crippen LogP) is 2.23. The molecule has 1 unspecified atom stereocenters. The maximum Gasteiger partial charge on any atom is 0.235 e. The van der Waals surface area contributed by atoms with Gasteiger partial charge in [0.25, 0.3) is 0 Å². The van der Waals surface area contributed by atoms with E-state index in [4.69, 9.17) is 18.0 Å². The molecule has 1 atom stereocenters. The summed E-state index contributed by atoms with van der Waals surface area (Å²) < 4.78 is 0. The molecule has 1 aromatic rings. The lowest BCUT2D eigenvalue weighted by Crippen LogP contribution is -2.46. The third-order valence-electron chi connectivity index (χ3n) is 3.85. The van der Waals surface area contributed by atoms with Gasteiger partial charge in [0.05, 0.1) is 10.4 Å². The van der Waals surface area contributed by atoms with Gasteiger partial charge in [0.15, 0.2) is 0 Å². The van der Waals surface area contributed by atoms with Crippen LogP contribution in [0.2, 0.25) is 0 Å². The molecule has 2 N–H and O–H groups in total. The third kappa shape index (κ3) is 2.01. The van der Waals surface area contributed by atoms with Gasteiger partial charge in [0.2, 0.25) is 5.91 Å². The lowest BCUT2D eigenvalue weighted by Gasteiger charge is -2.30. The Hall–Kier alpha value is -1.42. The minimum atomic E-state index is -0.725. The smallest absolute Gasteiger partial charge is 0.235 e. The Morgan fingerprint density at radius 2 is 1.89 bits per heavy atom. The van der Waals surface area contributed by atoms with Crippen molar-refractivity contribution in [3.63, 3.8) is 0 Å². The molecule has 0 bridgehead atoms. The number of amides is 1. The van der Waals surface area contributed by atoms with Crippen molar-refractivity contribution in [3.8, 4) is 0 Å². The first kappa shape index (κ1) is 13.0. The van der Waals surface area contributed by atoms with Crippen LogP contribution in [0.25, 0.3) is 0 Å². The highest BCUT2D eigenvalue weighted by atomic mass is 32.1. The van der Waals surface area contributed by atoms with E-state index in [0.717, 1.165) is 0 Å². The van der Waals surface area contributed by atoms with Gasteiger partial charge in [0, 0.05) is 13.1 Å². The Bertz CT molecular complexity index is 475. The van der Waals surface area contributed by atoms with E-state index in [2.05, 4.69) is 12.1 Å². The van der Waals surface area contributed by atoms with Crippen LogP contribution in [0.4, 0.5) is 0 Å². The Kier molecular flexibility index (Phi) is 3.39. The number of benzene rings is 1. The summed E-state index contributed by atoms with van der Waals surface area (Å²) in [5.74, 6) is 0.0358. The Labute approximate surface area is 113 Å². The molecule has 1 heterocycles. The first-order valence-corrected chi connectivity index (χ1v) is 6.56. The molecule has 96 valence electrons. The van der Waals surface area contributed by atoms with Gasteiger partial charge in [-0.3, -0.25) is 4.79 Å². The van der Waals surface area contributed by atoms with Crippen molar-refractivity contribution in [1.82, 2.24) is 4.90 Å². The molecule has 1 aromatic carbocycles. The molecule has 0 saturated heterocycles. The highest BCUT2D eigenvalue weighted by molar-refractivity contribution is 7.80. The maximum atomic E-state index is 12.6. The van der Waals surface area contributed by atoms with E-state index in [9.17, 15) is 4.79 Å². The van der Waals surface area contributed by atoms with Crippen molar-refractivity contribution in [2.75, 3.05) is 0 Å². The number of thiocarbonyl (C=S) groups is 1. The number of rotatable bonds is 3. The molecular formula is C14H18N2OS. The van der Waals surface area contributed by atoms with Crippen molar-refractivity contribution in [2.45, 2.75) is 33.4 Å². The lowest BCUT2D eigenvalue weighted by molar-refractivity contribution is -0.138. The van der Waals surface area contributed by atoms with Gasteiger partial charge in [-0.05, 0) is 24.5 Å². The van der Waals surface area contributed by atoms with Crippen molar-refractivity contribution in [1.29, 1.82) is 0 Å². The van der Waals surface area contributed by atoms with E-state index in [0.29, 0.717) is 19.5 Å². The second-order valence-electron chi connectivity index (χ2n) is 4.98. The van der Waals surface area contributed by atoms with Crippen molar-refractivity contribution in [2.24, 2.45) is 11.1 Å². The summed E-state index contributed by atoms with van der Waals surface area (Å²) in [6.45, 7) is 5.10. The Morgan fingerprint density at radius 3 is 2.28 bits per heavy atom. The van der Waals surface area contributed by atoms with Gasteiger partial charge in [-0.2, -0.15) is 0 Å². The summed E-state index contributed by atoms with van der Waals surface area (Å²) in [6.07, 6.45) is 0.633. The molecule has 1 aliphatic heterocycles. The summed E-state index contributed by atoms with van der Waals surface area (Å²) >= 11 is 5.06. The third-order valence-corrected chi connectivity index (χ3v) is 4.30. The monoisotopic (exact) mass is 262 g/mol. The van der Waals surface area contributed by atoms with Gasteiger partial charge in [-0.1, -0.05) is 43.4 Å². The first-order valence-electron chi connectivity index (χ1n) is 6.15. The van der Waals surface area contributed by atoms with Gasteiger partial charge >= 0.3 is 0 Å². The van der Waals surface area contributed by atoms with E-state index >= 15 is 0 Å². The molecule has 0 saturated carbocycles. The fourth-order valence-corrected chi connectivity index (χ4v) is 2.49. The van der Waals surface area contributed by atoms with Crippen LogP contribution < -0.4 is 5.73 Å². The van der Waals surface area contributed by atoms with Crippen LogP contribution >= 0.6 is 12.2 Å². The standard InChI is InChI=1S/C14H18N2OS/c1-3-14(2,12(15)18)13(17)16-8-10-6-4-5-7-11(10)9-16/h4-7H,3,8-9H2,1-2H3,(H2,15,18). The van der Waals surface area contributed by atoms with Crippen molar-refractivity contribution < 1.29 is 4.79 Å². The number of carbonyl (C=O) groups excluding carboxylic acids is 1. The summed E-state index contributed by atoms with van der Waals surface area (Å²) in [4.78, 5) is 14.7. The van der Waals surface area contributed by atoms with Crippen LogP contribution in [-0.4, -0.2) is 15.8 Å². The number of fused-ring (bicyclic) bond motifs is 1. The number of nitrogens with two attached hydrogens (primary N) is 1. The number of hydrogen-bond donors (Lipinski definition) is 1. The molecule has 0 radical (unpaired) electrons. The molecule has 1 amide bonds. The van der Waals surface area contributed by atoms with Crippen LogP contribution in [-0.2, 0) is 17.9 Å². The van der Waals surface area contributed by atoms with E-state index in [-0.39, 0.29) is 10.9 Å². The summed E-state index contributed by atoms with van der Waals surface area (Å²) in [6, 6.07) is 8.12. The van der Waals surface area contributed by atoms with Crippen LogP contribution in [0, 0.1) is 5.41 Å². The summed E-state index contributed by atoms with van der Waals surface area (Å²) in [5.41, 5.74) is 7.44. The molecule has 0 fully saturated rings. The maximum absolute atomic E-state index is 12.6. The molecule has 0 aliphatic carbocycles. The van der Waals surface area contributed by atoms with E-state index < -0.39 is 5.41 Å². The molecule has 2 rings (SSSR count). The normalized spacial score (nSPS) is 17.1. The zero-order valence-corrected chi connectivity index (χ0v) is 11.6. The second kappa shape index (κ2) is 4.69. The number of nitrogens with zero attached hydrogens (tertiary/aromatic N) is 1. The lowest BCUT2D eigenvalue weighted by atomic mass is 9.86. The number of carbonyl (C=O) groups is 1. The molecule has 1 aliphatic rings. The number of hydrogen-bond acceptors (Lipinski definition) is 2. The first-order chi connectivity index (χ1) is 8.49. The van der Waals surface area contributed by atoms with Gasteiger partial charge in [-0.15, -0.1) is 0 Å². The molecular weight excluding hydrogens is 244 g/mol. The highest BCUT2D eigenvalue weighted by Gasteiger charge is 2.39. The molecule has 4 heteroatoms. The minimum Gasteiger partial charge on any atom is -0.392 e. The fourth-order valence-electron chi connectivity index (χ4n) is 2.26. The zero-order chi connectivity index (χ0) is 13.3. The van der Waals surface area contributed by atoms with Crippen molar-refractivity contribution in [3.05, 3.63) is 35.4 Å². The second-order valence-corrected chi connectivity index (χ2v) is 5.42. The molecule has 0 aromatic heterocycles. The SMILES string of the molecule is CCC(C)(C(=O)N1Cc2ccccc2C1)C(N)=S. The fraction of sp³-hybridized carbons (Fsp3) is 0.429. The predicted molar refractivity (Wildman–Crippen MR) is 75.9 cm³/mol. The van der Waals surface area contributed by atoms with Crippen LogP contribution in [0.5, 0.6) is 0 Å². The average Bonchev–Trinajstić information content (AvgIpc) is 2.80. The van der Waals surface area contributed by atoms with Crippen LogP contribution in [0.1, 0.15) is 31.4 Å². The van der Waals surface area contributed by atoms with E-state index in [1.54, 1.807) is 0 Å². The summed E-state index contributed by atoms with van der Waals surface area (Å²) in [5, 5.41) is 0. The average molecular weight is 262 g/mol. The van der Waals surface area contributed by atoms with E-state index in [1.807, 2.05) is 30.9 Å². The summed E-state index contributed by atoms with van der Waals surface area (Å²) in [7, 11) is 0. The zero-order valence-electron chi connectivity index (χ0n) is 10.8. The topological polar surface area (TPSA) is 46.3 Å². The van der Waals surface area contributed by atoms with Crippen LogP contribution in [0.3, 0.4) is 0 Å². The molecule has 3 nitrogen and oxygen atoms in total. The highest BCUT2D eigenvalue weighted by Crippen LogP contribution is 2.30. The molecule has 18 heavy (non-hydrogen) atoms. The minimum absolute atomic E-state index is 0.0358.